The number of aromatic nitrogens is 2. The first-order valence-electron chi connectivity index (χ1n) is 5.56. The molecule has 0 saturated heterocycles. The van der Waals surface area contributed by atoms with E-state index in [4.69, 9.17) is 0 Å². The van der Waals surface area contributed by atoms with Crippen LogP contribution in [0.3, 0.4) is 0 Å². The van der Waals surface area contributed by atoms with Crippen molar-refractivity contribution >= 4 is 17.2 Å². The van der Waals surface area contributed by atoms with Crippen molar-refractivity contribution in [2.75, 3.05) is 0 Å². The Balaban J connectivity index is 1.77. The summed E-state index contributed by atoms with van der Waals surface area (Å²) in [6, 6.07) is 5.96. The van der Waals surface area contributed by atoms with Gasteiger partial charge in [-0.05, 0) is 24.4 Å². The van der Waals surface area contributed by atoms with Crippen LogP contribution in [0.4, 0.5) is 0 Å². The highest BCUT2D eigenvalue weighted by Crippen LogP contribution is 2.17. The standard InChI is InChI=1S/C12H15N3OS/c1-10(11-4-2-9-17-11)14-12(16)5-8-15-7-3-6-13-15/h2-4,6-7,9-10H,5,8H2,1H3,(H,14,16)/t10-/m1/s1. The molecule has 1 atom stereocenters. The van der Waals surface area contributed by atoms with Crippen molar-refractivity contribution in [2.24, 2.45) is 0 Å². The fourth-order valence-electron chi connectivity index (χ4n) is 1.57. The van der Waals surface area contributed by atoms with Gasteiger partial charge in [0.25, 0.3) is 0 Å². The monoisotopic (exact) mass is 249 g/mol. The highest BCUT2D eigenvalue weighted by atomic mass is 32.1. The van der Waals surface area contributed by atoms with Gasteiger partial charge >= 0.3 is 0 Å². The second-order valence-electron chi connectivity index (χ2n) is 3.82. The molecule has 0 aromatic carbocycles. The number of hydrogen-bond donors (Lipinski definition) is 1. The van der Waals surface area contributed by atoms with Gasteiger partial charge in [-0.1, -0.05) is 6.07 Å². The van der Waals surface area contributed by atoms with E-state index < -0.39 is 0 Å². The highest BCUT2D eigenvalue weighted by Gasteiger charge is 2.09. The molecule has 0 saturated carbocycles. The molecule has 2 heterocycles. The predicted molar refractivity (Wildman–Crippen MR) is 67.7 cm³/mol. The van der Waals surface area contributed by atoms with Crippen LogP contribution in [0.1, 0.15) is 24.3 Å². The Hall–Kier alpha value is -1.62. The lowest BCUT2D eigenvalue weighted by atomic mass is 10.2. The van der Waals surface area contributed by atoms with Crippen molar-refractivity contribution in [3.05, 3.63) is 40.8 Å². The minimum absolute atomic E-state index is 0.0569. The summed E-state index contributed by atoms with van der Waals surface area (Å²) in [6.45, 7) is 2.62. The second kappa shape index (κ2) is 5.63. The Morgan fingerprint density at radius 3 is 3.12 bits per heavy atom. The van der Waals surface area contributed by atoms with Crippen LogP contribution >= 0.6 is 11.3 Å². The number of carbonyl (C=O) groups is 1. The SMILES string of the molecule is C[C@@H](NC(=O)CCn1cccn1)c1cccs1. The van der Waals surface area contributed by atoms with E-state index in [1.165, 1.54) is 4.88 Å². The minimum Gasteiger partial charge on any atom is -0.349 e. The van der Waals surface area contributed by atoms with E-state index in [0.29, 0.717) is 13.0 Å². The molecule has 17 heavy (non-hydrogen) atoms. The molecule has 2 aromatic rings. The maximum atomic E-state index is 11.7. The smallest absolute Gasteiger partial charge is 0.222 e. The van der Waals surface area contributed by atoms with Crippen molar-refractivity contribution in [3.8, 4) is 0 Å². The van der Waals surface area contributed by atoms with Crippen LogP contribution < -0.4 is 5.32 Å². The molecular formula is C12H15N3OS. The molecule has 0 aliphatic carbocycles. The van der Waals surface area contributed by atoms with Crippen LogP contribution in [0.15, 0.2) is 36.0 Å². The molecule has 1 N–H and O–H groups in total. The summed E-state index contributed by atoms with van der Waals surface area (Å²) >= 11 is 1.66. The van der Waals surface area contributed by atoms with Crippen LogP contribution in [0.2, 0.25) is 0 Å². The van der Waals surface area contributed by atoms with Gasteiger partial charge in [0.05, 0.1) is 6.04 Å². The zero-order valence-corrected chi connectivity index (χ0v) is 10.5. The van der Waals surface area contributed by atoms with Crippen molar-refractivity contribution < 1.29 is 4.79 Å². The number of nitrogens with zero attached hydrogens (tertiary/aromatic N) is 2. The first-order chi connectivity index (χ1) is 8.25. The fourth-order valence-corrected chi connectivity index (χ4v) is 2.31. The Morgan fingerprint density at radius 2 is 2.47 bits per heavy atom. The number of thiophene rings is 1. The quantitative estimate of drug-likeness (QED) is 0.883. The van der Waals surface area contributed by atoms with Gasteiger partial charge in [-0.25, -0.2) is 0 Å². The molecule has 0 radical (unpaired) electrons. The van der Waals surface area contributed by atoms with E-state index in [0.717, 1.165) is 0 Å². The molecule has 90 valence electrons. The van der Waals surface area contributed by atoms with Crippen molar-refractivity contribution in [2.45, 2.75) is 25.9 Å². The lowest BCUT2D eigenvalue weighted by Gasteiger charge is -2.12. The Morgan fingerprint density at radius 1 is 1.59 bits per heavy atom. The lowest BCUT2D eigenvalue weighted by molar-refractivity contribution is -0.122. The molecule has 0 aliphatic heterocycles. The van der Waals surface area contributed by atoms with E-state index >= 15 is 0 Å². The molecule has 0 aliphatic rings. The number of aryl methyl sites for hydroxylation is 1. The molecule has 0 spiro atoms. The summed E-state index contributed by atoms with van der Waals surface area (Å²) in [5.41, 5.74) is 0. The number of amides is 1. The van der Waals surface area contributed by atoms with Crippen molar-refractivity contribution in [3.63, 3.8) is 0 Å². The van der Waals surface area contributed by atoms with E-state index in [-0.39, 0.29) is 11.9 Å². The van der Waals surface area contributed by atoms with Gasteiger partial charge in [-0.2, -0.15) is 5.10 Å². The summed E-state index contributed by atoms with van der Waals surface area (Å²) in [4.78, 5) is 12.9. The third-order valence-corrected chi connectivity index (χ3v) is 3.53. The van der Waals surface area contributed by atoms with Crippen LogP contribution in [-0.2, 0) is 11.3 Å². The summed E-state index contributed by atoms with van der Waals surface area (Å²) < 4.78 is 1.76. The van der Waals surface area contributed by atoms with Gasteiger partial charge in [0.2, 0.25) is 5.91 Å². The third-order valence-electron chi connectivity index (χ3n) is 2.47. The van der Waals surface area contributed by atoms with Crippen molar-refractivity contribution in [1.29, 1.82) is 0 Å². The highest BCUT2D eigenvalue weighted by molar-refractivity contribution is 7.10. The zero-order valence-electron chi connectivity index (χ0n) is 9.67. The van der Waals surface area contributed by atoms with Gasteiger partial charge in [-0.15, -0.1) is 11.3 Å². The van der Waals surface area contributed by atoms with Crippen LogP contribution in [0, 0.1) is 0 Å². The van der Waals surface area contributed by atoms with E-state index in [9.17, 15) is 4.79 Å². The number of rotatable bonds is 5. The molecule has 5 heteroatoms. The molecule has 0 unspecified atom stereocenters. The number of hydrogen-bond acceptors (Lipinski definition) is 3. The molecule has 2 rings (SSSR count). The molecule has 1 amide bonds. The third kappa shape index (κ3) is 3.42. The van der Waals surface area contributed by atoms with Crippen LogP contribution in [-0.4, -0.2) is 15.7 Å². The molecular weight excluding hydrogens is 234 g/mol. The molecule has 0 fully saturated rings. The Labute approximate surface area is 104 Å². The minimum atomic E-state index is 0.0569. The maximum absolute atomic E-state index is 11.7. The van der Waals surface area contributed by atoms with Gasteiger partial charge in [0.15, 0.2) is 0 Å². The average molecular weight is 249 g/mol. The van der Waals surface area contributed by atoms with E-state index in [1.807, 2.05) is 36.7 Å². The normalized spacial score (nSPS) is 12.3. The van der Waals surface area contributed by atoms with Gasteiger partial charge in [0.1, 0.15) is 0 Å². The first kappa shape index (κ1) is 11.9. The molecule has 0 bridgehead atoms. The van der Waals surface area contributed by atoms with Crippen molar-refractivity contribution in [1.82, 2.24) is 15.1 Å². The van der Waals surface area contributed by atoms with Crippen LogP contribution in [0.5, 0.6) is 0 Å². The number of carbonyl (C=O) groups excluding carboxylic acids is 1. The molecule has 2 aromatic heterocycles. The van der Waals surface area contributed by atoms with Gasteiger partial charge in [-0.3, -0.25) is 9.48 Å². The van der Waals surface area contributed by atoms with Gasteiger partial charge < -0.3 is 5.32 Å². The van der Waals surface area contributed by atoms with E-state index in [2.05, 4.69) is 10.4 Å². The zero-order chi connectivity index (χ0) is 12.1. The van der Waals surface area contributed by atoms with Crippen LogP contribution in [0.25, 0.3) is 0 Å². The average Bonchev–Trinajstić information content (AvgIpc) is 2.99. The molecule has 4 nitrogen and oxygen atoms in total. The summed E-state index contributed by atoms with van der Waals surface area (Å²) in [5.74, 6) is 0.0569. The maximum Gasteiger partial charge on any atom is 0.222 e. The summed E-state index contributed by atoms with van der Waals surface area (Å²) in [6.07, 6.45) is 4.03. The van der Waals surface area contributed by atoms with Gasteiger partial charge in [0, 0.05) is 30.2 Å². The predicted octanol–water partition coefficient (Wildman–Crippen LogP) is 2.21. The van der Waals surface area contributed by atoms with E-state index in [1.54, 1.807) is 22.2 Å². The topological polar surface area (TPSA) is 46.9 Å². The Bertz CT molecular complexity index is 450. The summed E-state index contributed by atoms with van der Waals surface area (Å²) in [5, 5.41) is 9.05. The Kier molecular flexibility index (Phi) is 3.93. The first-order valence-corrected chi connectivity index (χ1v) is 6.44. The fraction of sp³-hybridized carbons (Fsp3) is 0.333. The summed E-state index contributed by atoms with van der Waals surface area (Å²) in [7, 11) is 0. The number of nitrogens with one attached hydrogen (secondary N) is 1. The lowest BCUT2D eigenvalue weighted by Crippen LogP contribution is -2.27. The largest absolute Gasteiger partial charge is 0.349 e. The second-order valence-corrected chi connectivity index (χ2v) is 4.80.